The van der Waals surface area contributed by atoms with Gasteiger partial charge in [-0.05, 0) is 32.3 Å². The van der Waals surface area contributed by atoms with Crippen molar-refractivity contribution < 1.29 is 13.2 Å². The molecule has 0 bridgehead atoms. The second-order valence-electron chi connectivity index (χ2n) is 5.97. The Morgan fingerprint density at radius 2 is 2.00 bits per heavy atom. The SMILES string of the molecule is CNC(=O)CCc1cc(C)nc(C2CCN(S(C)(=O)=O)CC2)n1. The van der Waals surface area contributed by atoms with Gasteiger partial charge in [0.25, 0.3) is 0 Å². The van der Waals surface area contributed by atoms with E-state index in [4.69, 9.17) is 0 Å². The number of amides is 1. The molecular weight excluding hydrogens is 316 g/mol. The van der Waals surface area contributed by atoms with E-state index in [1.165, 1.54) is 10.6 Å². The second-order valence-corrected chi connectivity index (χ2v) is 7.95. The minimum Gasteiger partial charge on any atom is -0.359 e. The molecule has 1 amide bonds. The number of piperidine rings is 1. The molecular formula is C15H24N4O3S. The lowest BCUT2D eigenvalue weighted by molar-refractivity contribution is -0.120. The van der Waals surface area contributed by atoms with Gasteiger partial charge in [-0.15, -0.1) is 0 Å². The summed E-state index contributed by atoms with van der Waals surface area (Å²) in [6.07, 6.45) is 3.68. The Morgan fingerprint density at radius 3 is 2.57 bits per heavy atom. The lowest BCUT2D eigenvalue weighted by Gasteiger charge is -2.29. The first kappa shape index (κ1) is 17.8. The number of sulfonamides is 1. The lowest BCUT2D eigenvalue weighted by Crippen LogP contribution is -2.37. The monoisotopic (exact) mass is 340 g/mol. The van der Waals surface area contributed by atoms with Crippen LogP contribution in [0.5, 0.6) is 0 Å². The van der Waals surface area contributed by atoms with Gasteiger partial charge in [0.05, 0.1) is 6.26 Å². The maximum Gasteiger partial charge on any atom is 0.220 e. The first-order chi connectivity index (χ1) is 10.8. The quantitative estimate of drug-likeness (QED) is 0.847. The van der Waals surface area contributed by atoms with Gasteiger partial charge < -0.3 is 5.32 Å². The van der Waals surface area contributed by atoms with Crippen LogP contribution >= 0.6 is 0 Å². The van der Waals surface area contributed by atoms with Crippen LogP contribution in [-0.2, 0) is 21.2 Å². The highest BCUT2D eigenvalue weighted by Gasteiger charge is 2.27. The van der Waals surface area contributed by atoms with E-state index in [-0.39, 0.29) is 11.8 Å². The lowest BCUT2D eigenvalue weighted by atomic mass is 9.97. The fourth-order valence-corrected chi connectivity index (χ4v) is 3.66. The Balaban J connectivity index is 2.06. The molecule has 0 atom stereocenters. The molecule has 2 heterocycles. The number of aromatic nitrogens is 2. The van der Waals surface area contributed by atoms with Gasteiger partial charge >= 0.3 is 0 Å². The highest BCUT2D eigenvalue weighted by molar-refractivity contribution is 7.88. The van der Waals surface area contributed by atoms with E-state index in [1.807, 2.05) is 13.0 Å². The third-order valence-electron chi connectivity index (χ3n) is 4.10. The summed E-state index contributed by atoms with van der Waals surface area (Å²) in [6, 6.07) is 1.90. The number of carbonyl (C=O) groups is 1. The van der Waals surface area contributed by atoms with E-state index in [1.54, 1.807) is 7.05 Å². The predicted molar refractivity (Wildman–Crippen MR) is 87.5 cm³/mol. The number of hydrogen-bond donors (Lipinski definition) is 1. The maximum atomic E-state index is 11.6. The van der Waals surface area contributed by atoms with Gasteiger partial charge in [-0.3, -0.25) is 4.79 Å². The fraction of sp³-hybridized carbons (Fsp3) is 0.667. The van der Waals surface area contributed by atoms with Gasteiger partial charge in [-0.25, -0.2) is 22.7 Å². The molecule has 8 heteroatoms. The minimum absolute atomic E-state index is 0.00993. The fourth-order valence-electron chi connectivity index (χ4n) is 2.78. The van der Waals surface area contributed by atoms with Crippen molar-refractivity contribution in [1.82, 2.24) is 19.6 Å². The highest BCUT2D eigenvalue weighted by Crippen LogP contribution is 2.27. The number of hydrogen-bond acceptors (Lipinski definition) is 5. The molecule has 7 nitrogen and oxygen atoms in total. The molecule has 1 aliphatic heterocycles. The number of nitrogens with zero attached hydrogens (tertiary/aromatic N) is 3. The molecule has 0 aliphatic carbocycles. The van der Waals surface area contributed by atoms with Crippen LogP contribution in [0.4, 0.5) is 0 Å². The maximum absolute atomic E-state index is 11.6. The molecule has 2 rings (SSSR count). The average Bonchev–Trinajstić information content (AvgIpc) is 2.51. The first-order valence-electron chi connectivity index (χ1n) is 7.79. The van der Waals surface area contributed by atoms with Gasteiger partial charge in [-0.2, -0.15) is 0 Å². The predicted octanol–water partition coefficient (Wildman–Crippen LogP) is 0.603. The first-order valence-corrected chi connectivity index (χ1v) is 9.64. The molecule has 0 unspecified atom stereocenters. The van der Waals surface area contributed by atoms with Gasteiger partial charge in [-0.1, -0.05) is 0 Å². The van der Waals surface area contributed by atoms with Crippen LogP contribution in [0.25, 0.3) is 0 Å². The second kappa shape index (κ2) is 7.35. The Labute approximate surface area is 137 Å². The minimum atomic E-state index is -3.12. The zero-order chi connectivity index (χ0) is 17.0. The van der Waals surface area contributed by atoms with Crippen LogP contribution in [0.15, 0.2) is 6.07 Å². The van der Waals surface area contributed by atoms with Crippen molar-refractivity contribution in [2.24, 2.45) is 0 Å². The third-order valence-corrected chi connectivity index (χ3v) is 5.40. The van der Waals surface area contributed by atoms with E-state index in [0.717, 1.165) is 30.1 Å². The molecule has 0 radical (unpaired) electrons. The van der Waals surface area contributed by atoms with E-state index in [2.05, 4.69) is 15.3 Å². The Morgan fingerprint density at radius 1 is 1.35 bits per heavy atom. The summed E-state index contributed by atoms with van der Waals surface area (Å²) < 4.78 is 24.6. The molecule has 23 heavy (non-hydrogen) atoms. The van der Waals surface area contributed by atoms with Crippen molar-refractivity contribution in [2.75, 3.05) is 26.4 Å². The average molecular weight is 340 g/mol. The van der Waals surface area contributed by atoms with Crippen LogP contribution in [0.3, 0.4) is 0 Å². The van der Waals surface area contributed by atoms with Crippen molar-refractivity contribution in [3.63, 3.8) is 0 Å². The molecule has 0 saturated carbocycles. The third kappa shape index (κ3) is 4.97. The van der Waals surface area contributed by atoms with Crippen molar-refractivity contribution in [3.05, 3.63) is 23.3 Å². The van der Waals surface area contributed by atoms with Crippen molar-refractivity contribution >= 4 is 15.9 Å². The summed E-state index contributed by atoms with van der Waals surface area (Å²) in [4.78, 5) is 20.5. The Hall–Kier alpha value is -1.54. The molecule has 1 fully saturated rings. The van der Waals surface area contributed by atoms with Crippen LogP contribution < -0.4 is 5.32 Å². The highest BCUT2D eigenvalue weighted by atomic mass is 32.2. The van der Waals surface area contributed by atoms with Crippen LogP contribution in [0.1, 0.15) is 42.4 Å². The zero-order valence-corrected chi connectivity index (χ0v) is 14.7. The largest absolute Gasteiger partial charge is 0.359 e. The Kier molecular flexibility index (Phi) is 5.69. The topological polar surface area (TPSA) is 92.3 Å². The smallest absolute Gasteiger partial charge is 0.220 e. The molecule has 0 aromatic carbocycles. The summed E-state index contributed by atoms with van der Waals surface area (Å²) in [6.45, 7) is 2.93. The zero-order valence-electron chi connectivity index (χ0n) is 13.9. The summed E-state index contributed by atoms with van der Waals surface area (Å²) in [7, 11) is -1.50. The molecule has 1 aromatic heterocycles. The number of carbonyl (C=O) groups excluding carboxylic acids is 1. The van der Waals surface area contributed by atoms with E-state index in [9.17, 15) is 13.2 Å². The number of aryl methyl sites for hydroxylation is 2. The van der Waals surface area contributed by atoms with E-state index in [0.29, 0.717) is 25.9 Å². The summed E-state index contributed by atoms with van der Waals surface area (Å²) >= 11 is 0. The van der Waals surface area contributed by atoms with E-state index >= 15 is 0 Å². The van der Waals surface area contributed by atoms with Gasteiger partial charge in [0.2, 0.25) is 15.9 Å². The van der Waals surface area contributed by atoms with E-state index < -0.39 is 10.0 Å². The number of nitrogens with one attached hydrogen (secondary N) is 1. The Bertz CT molecular complexity index is 667. The summed E-state index contributed by atoms with van der Waals surface area (Å²) in [5.74, 6) is 0.931. The van der Waals surface area contributed by atoms with Crippen LogP contribution in [0, 0.1) is 6.92 Å². The van der Waals surface area contributed by atoms with Crippen molar-refractivity contribution in [3.8, 4) is 0 Å². The van der Waals surface area contributed by atoms with Gasteiger partial charge in [0.1, 0.15) is 5.82 Å². The molecule has 1 saturated heterocycles. The van der Waals surface area contributed by atoms with Crippen molar-refractivity contribution in [1.29, 1.82) is 0 Å². The van der Waals surface area contributed by atoms with Crippen LogP contribution in [-0.4, -0.2) is 55.0 Å². The molecule has 1 aromatic rings. The summed E-state index contributed by atoms with van der Waals surface area (Å²) in [5.41, 5.74) is 1.74. The molecule has 1 aliphatic rings. The summed E-state index contributed by atoms with van der Waals surface area (Å²) in [5, 5.41) is 2.60. The van der Waals surface area contributed by atoms with Crippen LogP contribution in [0.2, 0.25) is 0 Å². The normalized spacial score (nSPS) is 17.2. The number of rotatable bonds is 5. The molecule has 128 valence electrons. The van der Waals surface area contributed by atoms with Gasteiger partial charge in [0.15, 0.2) is 0 Å². The molecule has 1 N–H and O–H groups in total. The van der Waals surface area contributed by atoms with Crippen molar-refractivity contribution in [2.45, 2.75) is 38.5 Å². The molecule has 0 spiro atoms. The van der Waals surface area contributed by atoms with Gasteiger partial charge in [0, 0.05) is 43.9 Å². The standard InChI is InChI=1S/C15H24N4O3S/c1-11-10-13(4-5-14(20)16-2)18-15(17-11)12-6-8-19(9-7-12)23(3,21)22/h10,12H,4-9H2,1-3H3,(H,16,20).